The molecule has 0 aromatic heterocycles. The minimum Gasteiger partial charge on any atom is -0.393 e. The first-order valence-corrected chi connectivity index (χ1v) is 6.17. The molecule has 0 aromatic rings. The van der Waals surface area contributed by atoms with Gasteiger partial charge >= 0.3 is 0 Å². The van der Waals surface area contributed by atoms with Gasteiger partial charge in [-0.05, 0) is 38.0 Å². The molecule has 2 fully saturated rings. The van der Waals surface area contributed by atoms with E-state index >= 15 is 0 Å². The van der Waals surface area contributed by atoms with Crippen molar-refractivity contribution in [1.29, 1.82) is 0 Å². The number of ether oxygens (including phenoxy) is 1. The predicted octanol–water partition coefficient (Wildman–Crippen LogP) is 1.92. The van der Waals surface area contributed by atoms with Crippen LogP contribution in [-0.4, -0.2) is 29.2 Å². The van der Waals surface area contributed by atoms with Gasteiger partial charge in [-0.25, -0.2) is 0 Å². The molecule has 1 saturated heterocycles. The first-order valence-electron chi connectivity index (χ1n) is 6.17. The smallest absolute Gasteiger partial charge is 0.129 e. The Morgan fingerprint density at radius 1 is 1.44 bits per heavy atom. The number of aliphatic hydroxyl groups is 1. The zero-order chi connectivity index (χ0) is 12.0. The molecule has 92 valence electrons. The molecule has 2 aliphatic rings. The van der Waals surface area contributed by atoms with Crippen molar-refractivity contribution in [1.82, 2.24) is 0 Å². The summed E-state index contributed by atoms with van der Waals surface area (Å²) in [7, 11) is 0. The van der Waals surface area contributed by atoms with Gasteiger partial charge in [0.25, 0.3) is 0 Å². The number of Topliss-reactive ketones (excluding diaryl/α,β-unsaturated/α-hetero) is 1. The summed E-state index contributed by atoms with van der Waals surface area (Å²) in [6.07, 6.45) is 2.81. The zero-order valence-corrected chi connectivity index (χ0v) is 10.5. The van der Waals surface area contributed by atoms with Crippen LogP contribution in [0.15, 0.2) is 0 Å². The van der Waals surface area contributed by atoms with Crippen LogP contribution in [-0.2, 0) is 9.53 Å². The fourth-order valence-electron chi connectivity index (χ4n) is 3.75. The van der Waals surface area contributed by atoms with Gasteiger partial charge in [-0.1, -0.05) is 6.92 Å². The third-order valence-corrected chi connectivity index (χ3v) is 4.44. The van der Waals surface area contributed by atoms with Gasteiger partial charge in [0.1, 0.15) is 5.78 Å². The van der Waals surface area contributed by atoms with E-state index < -0.39 is 0 Å². The van der Waals surface area contributed by atoms with E-state index in [2.05, 4.69) is 13.8 Å². The van der Waals surface area contributed by atoms with Crippen LogP contribution in [0.25, 0.3) is 0 Å². The van der Waals surface area contributed by atoms with Gasteiger partial charge in [0.15, 0.2) is 0 Å². The lowest BCUT2D eigenvalue weighted by Crippen LogP contribution is -2.46. The summed E-state index contributed by atoms with van der Waals surface area (Å²) in [6, 6.07) is 0. The average Bonchev–Trinajstić information content (AvgIpc) is 2.27. The Hall–Kier alpha value is -0.410. The van der Waals surface area contributed by atoms with Crippen molar-refractivity contribution in [2.24, 2.45) is 11.3 Å². The third-order valence-electron chi connectivity index (χ3n) is 4.44. The molecule has 16 heavy (non-hydrogen) atoms. The summed E-state index contributed by atoms with van der Waals surface area (Å²) in [5, 5.41) is 9.87. The monoisotopic (exact) mass is 226 g/mol. The van der Waals surface area contributed by atoms with Crippen molar-refractivity contribution in [3.05, 3.63) is 0 Å². The second kappa shape index (κ2) is 3.81. The Morgan fingerprint density at radius 2 is 2.12 bits per heavy atom. The maximum atomic E-state index is 11.1. The van der Waals surface area contributed by atoms with Crippen molar-refractivity contribution < 1.29 is 14.6 Å². The second-order valence-corrected chi connectivity index (χ2v) is 6.11. The lowest BCUT2D eigenvalue weighted by molar-refractivity contribution is -0.118. The maximum absolute atomic E-state index is 11.1. The Kier molecular flexibility index (Phi) is 2.87. The molecule has 0 amide bonds. The van der Waals surface area contributed by atoms with E-state index in [4.69, 9.17) is 4.74 Å². The quantitative estimate of drug-likeness (QED) is 0.799. The Labute approximate surface area is 97.2 Å². The Balaban J connectivity index is 2.14. The lowest BCUT2D eigenvalue weighted by Gasteiger charge is -2.44. The van der Waals surface area contributed by atoms with E-state index in [0.717, 1.165) is 19.4 Å². The summed E-state index contributed by atoms with van der Waals surface area (Å²) in [6.45, 7) is 6.64. The summed E-state index contributed by atoms with van der Waals surface area (Å²) in [5.41, 5.74) is -0.163. The molecule has 2 bridgehead atoms. The largest absolute Gasteiger partial charge is 0.393 e. The molecule has 0 radical (unpaired) electrons. The number of rotatable bonds is 3. The van der Waals surface area contributed by atoms with Crippen LogP contribution in [0.5, 0.6) is 0 Å². The van der Waals surface area contributed by atoms with Gasteiger partial charge in [-0.2, -0.15) is 0 Å². The van der Waals surface area contributed by atoms with Crippen molar-refractivity contribution in [2.75, 3.05) is 6.61 Å². The van der Waals surface area contributed by atoms with E-state index in [1.807, 2.05) is 0 Å². The normalized spacial score (nSPS) is 47.0. The van der Waals surface area contributed by atoms with Gasteiger partial charge in [-0.3, -0.25) is 0 Å². The predicted molar refractivity (Wildman–Crippen MR) is 61.1 cm³/mol. The third kappa shape index (κ3) is 1.91. The summed E-state index contributed by atoms with van der Waals surface area (Å²) in [4.78, 5) is 11.1. The highest BCUT2D eigenvalue weighted by molar-refractivity contribution is 5.75. The molecule has 1 aliphatic heterocycles. The molecule has 0 spiro atoms. The molecule has 1 aliphatic carbocycles. The minimum atomic E-state index is -0.244. The topological polar surface area (TPSA) is 46.5 Å². The fraction of sp³-hybridized carbons (Fsp3) is 0.923. The highest BCUT2D eigenvalue weighted by Gasteiger charge is 2.57. The van der Waals surface area contributed by atoms with E-state index in [-0.39, 0.29) is 22.9 Å². The number of carbonyl (C=O) groups excluding carboxylic acids is 1. The summed E-state index contributed by atoms with van der Waals surface area (Å²) in [5.74, 6) is 0.657. The van der Waals surface area contributed by atoms with Crippen LogP contribution in [0, 0.1) is 11.3 Å². The number of carbonyl (C=O) groups is 1. The van der Waals surface area contributed by atoms with Crippen molar-refractivity contribution in [2.45, 2.75) is 58.2 Å². The average molecular weight is 226 g/mol. The first kappa shape index (κ1) is 12.1. The number of hydrogen-bond acceptors (Lipinski definition) is 3. The van der Waals surface area contributed by atoms with Crippen LogP contribution in [0.2, 0.25) is 0 Å². The van der Waals surface area contributed by atoms with Gasteiger partial charge in [0, 0.05) is 12.8 Å². The molecule has 0 aromatic carbocycles. The number of fused-ring (bicyclic) bond motifs is 2. The number of ketones is 1. The van der Waals surface area contributed by atoms with Crippen molar-refractivity contribution in [3.8, 4) is 0 Å². The Bertz CT molecular complexity index is 282. The lowest BCUT2D eigenvalue weighted by atomic mass is 9.61. The van der Waals surface area contributed by atoms with Gasteiger partial charge in [0.05, 0.1) is 18.3 Å². The van der Waals surface area contributed by atoms with E-state index in [0.29, 0.717) is 18.8 Å². The number of aliphatic hydroxyl groups excluding tert-OH is 1. The molecule has 2 rings (SSSR count). The molecule has 4 atom stereocenters. The standard InChI is InChI=1S/C13H22O3/c1-9(14)4-5-11-12(2)6-10(15)7-13(11,3)16-8-12/h10-11,15H,4-8H2,1-3H3/t10-,11+,12?,13+/m0/s1. The molecule has 3 heteroatoms. The SMILES string of the molecule is CC(=O)CC[C@@H]1C2(C)CO[C@]1(C)C[C@@H](O)C2. The van der Waals surface area contributed by atoms with Gasteiger partial charge in [-0.15, -0.1) is 0 Å². The minimum absolute atomic E-state index is 0.0574. The van der Waals surface area contributed by atoms with E-state index in [1.54, 1.807) is 6.92 Å². The summed E-state index contributed by atoms with van der Waals surface area (Å²) >= 11 is 0. The van der Waals surface area contributed by atoms with Crippen LogP contribution in [0.4, 0.5) is 0 Å². The van der Waals surface area contributed by atoms with Crippen LogP contribution < -0.4 is 0 Å². The fourth-order valence-corrected chi connectivity index (χ4v) is 3.75. The molecular weight excluding hydrogens is 204 g/mol. The van der Waals surface area contributed by atoms with E-state index in [9.17, 15) is 9.90 Å². The summed E-state index contributed by atoms with van der Waals surface area (Å²) < 4.78 is 5.91. The zero-order valence-electron chi connectivity index (χ0n) is 10.5. The highest BCUT2D eigenvalue weighted by Crippen LogP contribution is 2.55. The second-order valence-electron chi connectivity index (χ2n) is 6.11. The van der Waals surface area contributed by atoms with Crippen LogP contribution in [0.1, 0.15) is 46.5 Å². The molecule has 1 N–H and O–H groups in total. The van der Waals surface area contributed by atoms with Crippen molar-refractivity contribution in [3.63, 3.8) is 0 Å². The van der Waals surface area contributed by atoms with Crippen LogP contribution >= 0.6 is 0 Å². The van der Waals surface area contributed by atoms with Crippen LogP contribution in [0.3, 0.4) is 0 Å². The van der Waals surface area contributed by atoms with E-state index in [1.165, 1.54) is 0 Å². The molecule has 1 saturated carbocycles. The number of hydrogen-bond donors (Lipinski definition) is 1. The van der Waals surface area contributed by atoms with Crippen molar-refractivity contribution >= 4 is 5.78 Å². The highest BCUT2D eigenvalue weighted by atomic mass is 16.5. The van der Waals surface area contributed by atoms with Gasteiger partial charge in [0.2, 0.25) is 0 Å². The molecular formula is C13H22O3. The maximum Gasteiger partial charge on any atom is 0.129 e. The molecule has 1 unspecified atom stereocenters. The Morgan fingerprint density at radius 3 is 2.69 bits per heavy atom. The molecule has 3 nitrogen and oxygen atoms in total. The molecule has 1 heterocycles. The first-order chi connectivity index (χ1) is 7.36. The van der Waals surface area contributed by atoms with Gasteiger partial charge < -0.3 is 14.6 Å².